The van der Waals surface area contributed by atoms with E-state index in [0.717, 1.165) is 6.07 Å². The molecule has 0 aliphatic rings. The molecule has 0 aromatic heterocycles. The van der Waals surface area contributed by atoms with Crippen molar-refractivity contribution in [1.82, 2.24) is 10.6 Å². The summed E-state index contributed by atoms with van der Waals surface area (Å²) in [6.45, 7) is 2.54. The van der Waals surface area contributed by atoms with E-state index in [1.807, 2.05) is 6.92 Å². The number of carbonyl (C=O) groups is 1. The van der Waals surface area contributed by atoms with Gasteiger partial charge in [-0.2, -0.15) is 0 Å². The molecule has 0 bridgehead atoms. The Morgan fingerprint density at radius 2 is 2.08 bits per heavy atom. The number of likely N-dealkylation sites (N-methyl/N-ethyl adjacent to an activating group) is 1. The SMILES string of the molecule is CNC(C)CNC(=O)CCNc1ccc(S(N)(=O)=O)cc1[N+](=O)[O-]. The van der Waals surface area contributed by atoms with Gasteiger partial charge in [-0.3, -0.25) is 14.9 Å². The maximum absolute atomic E-state index is 11.6. The van der Waals surface area contributed by atoms with Gasteiger partial charge in [-0.1, -0.05) is 0 Å². The molecule has 24 heavy (non-hydrogen) atoms. The molecule has 1 aromatic carbocycles. The van der Waals surface area contributed by atoms with E-state index >= 15 is 0 Å². The van der Waals surface area contributed by atoms with Crippen molar-refractivity contribution in [2.24, 2.45) is 5.14 Å². The number of nitro benzene ring substituents is 1. The van der Waals surface area contributed by atoms with Crippen molar-refractivity contribution in [3.8, 4) is 0 Å². The molecule has 10 nitrogen and oxygen atoms in total. The van der Waals surface area contributed by atoms with E-state index in [-0.39, 0.29) is 35.5 Å². The molecule has 0 radical (unpaired) electrons. The fourth-order valence-electron chi connectivity index (χ4n) is 1.76. The zero-order valence-corrected chi connectivity index (χ0v) is 14.2. The first kappa shape index (κ1) is 19.8. The minimum atomic E-state index is -4.03. The number of rotatable bonds is 9. The van der Waals surface area contributed by atoms with Crippen molar-refractivity contribution in [3.63, 3.8) is 0 Å². The third-order valence-corrected chi connectivity index (χ3v) is 4.17. The summed E-state index contributed by atoms with van der Waals surface area (Å²) in [6, 6.07) is 3.43. The van der Waals surface area contributed by atoms with Crippen LogP contribution in [-0.4, -0.2) is 45.4 Å². The van der Waals surface area contributed by atoms with E-state index in [2.05, 4.69) is 16.0 Å². The van der Waals surface area contributed by atoms with Crippen molar-refractivity contribution < 1.29 is 18.1 Å². The van der Waals surface area contributed by atoms with Crippen molar-refractivity contribution in [2.75, 3.05) is 25.5 Å². The second-order valence-electron chi connectivity index (χ2n) is 5.15. The number of benzene rings is 1. The third-order valence-electron chi connectivity index (χ3n) is 3.26. The average molecular weight is 359 g/mol. The highest BCUT2D eigenvalue weighted by Gasteiger charge is 2.19. The summed E-state index contributed by atoms with van der Waals surface area (Å²) in [5.41, 5.74) is -0.311. The highest BCUT2D eigenvalue weighted by atomic mass is 32.2. The second-order valence-corrected chi connectivity index (χ2v) is 6.71. The fraction of sp³-hybridized carbons (Fsp3) is 0.462. The molecule has 0 spiro atoms. The van der Waals surface area contributed by atoms with Gasteiger partial charge in [0.2, 0.25) is 15.9 Å². The van der Waals surface area contributed by atoms with Crippen LogP contribution < -0.4 is 21.1 Å². The van der Waals surface area contributed by atoms with Crippen LogP contribution in [0, 0.1) is 10.1 Å². The number of hydrogen-bond acceptors (Lipinski definition) is 7. The summed E-state index contributed by atoms with van der Waals surface area (Å²) in [5, 5.41) is 24.5. The molecule has 0 fully saturated rings. The van der Waals surface area contributed by atoms with Crippen LogP contribution >= 0.6 is 0 Å². The Hall–Kier alpha value is -2.24. The van der Waals surface area contributed by atoms with Gasteiger partial charge in [0.15, 0.2) is 0 Å². The van der Waals surface area contributed by atoms with Crippen LogP contribution in [0.2, 0.25) is 0 Å². The van der Waals surface area contributed by atoms with Gasteiger partial charge in [0.1, 0.15) is 5.69 Å². The number of anilines is 1. The predicted molar refractivity (Wildman–Crippen MR) is 89.1 cm³/mol. The monoisotopic (exact) mass is 359 g/mol. The number of sulfonamides is 1. The van der Waals surface area contributed by atoms with E-state index in [4.69, 9.17) is 5.14 Å². The van der Waals surface area contributed by atoms with Crippen LogP contribution in [0.1, 0.15) is 13.3 Å². The van der Waals surface area contributed by atoms with Gasteiger partial charge >= 0.3 is 0 Å². The van der Waals surface area contributed by atoms with Gasteiger partial charge in [0.25, 0.3) is 5.69 Å². The lowest BCUT2D eigenvalue weighted by molar-refractivity contribution is -0.384. The number of primary sulfonamides is 1. The molecule has 0 heterocycles. The smallest absolute Gasteiger partial charge is 0.293 e. The molecule has 0 saturated heterocycles. The number of carbonyl (C=O) groups excluding carboxylic acids is 1. The highest BCUT2D eigenvalue weighted by molar-refractivity contribution is 7.89. The molecular weight excluding hydrogens is 338 g/mol. The van der Waals surface area contributed by atoms with Crippen molar-refractivity contribution in [2.45, 2.75) is 24.3 Å². The Kier molecular flexibility index (Phi) is 7.07. The molecular formula is C13H21N5O5S. The molecule has 1 aromatic rings. The Morgan fingerprint density at radius 3 is 2.62 bits per heavy atom. The fourth-order valence-corrected chi connectivity index (χ4v) is 2.29. The van der Waals surface area contributed by atoms with E-state index in [1.54, 1.807) is 7.05 Å². The average Bonchev–Trinajstić information content (AvgIpc) is 2.51. The van der Waals surface area contributed by atoms with Crippen molar-refractivity contribution in [1.29, 1.82) is 0 Å². The minimum absolute atomic E-state index is 0.115. The lowest BCUT2D eigenvalue weighted by atomic mass is 10.2. The lowest BCUT2D eigenvalue weighted by Gasteiger charge is -2.12. The number of nitrogens with one attached hydrogen (secondary N) is 3. The van der Waals surface area contributed by atoms with E-state index < -0.39 is 20.6 Å². The molecule has 1 unspecified atom stereocenters. The summed E-state index contributed by atoms with van der Waals surface area (Å²) in [7, 11) is -2.25. The van der Waals surface area contributed by atoms with Crippen LogP contribution in [-0.2, 0) is 14.8 Å². The quantitative estimate of drug-likeness (QED) is 0.350. The van der Waals surface area contributed by atoms with Gasteiger partial charge in [-0.25, -0.2) is 13.6 Å². The maximum Gasteiger partial charge on any atom is 0.293 e. The molecule has 1 rings (SSSR count). The number of amides is 1. The molecule has 0 aliphatic carbocycles. The Balaban J connectivity index is 2.68. The maximum atomic E-state index is 11.6. The largest absolute Gasteiger partial charge is 0.379 e. The van der Waals surface area contributed by atoms with Gasteiger partial charge in [0, 0.05) is 31.6 Å². The Bertz CT molecular complexity index is 707. The van der Waals surface area contributed by atoms with E-state index in [1.165, 1.54) is 12.1 Å². The van der Waals surface area contributed by atoms with Gasteiger partial charge in [-0.05, 0) is 26.1 Å². The predicted octanol–water partition coefficient (Wildman–Crippen LogP) is -0.232. The standard InChI is InChI=1S/C13H21N5O5S/c1-9(15-2)8-17-13(19)5-6-16-11-4-3-10(24(14,22)23)7-12(11)18(20)21/h3-4,7,9,15-16H,5-6,8H2,1-2H3,(H,17,19)(H2,14,22,23). The minimum Gasteiger partial charge on any atom is -0.379 e. The van der Waals surface area contributed by atoms with Gasteiger partial charge in [-0.15, -0.1) is 0 Å². The molecule has 0 saturated carbocycles. The van der Waals surface area contributed by atoms with Crippen molar-refractivity contribution in [3.05, 3.63) is 28.3 Å². The Morgan fingerprint density at radius 1 is 1.42 bits per heavy atom. The lowest BCUT2D eigenvalue weighted by Crippen LogP contribution is -2.37. The van der Waals surface area contributed by atoms with Crippen LogP contribution in [0.3, 0.4) is 0 Å². The number of nitrogens with two attached hydrogens (primary N) is 1. The molecule has 5 N–H and O–H groups in total. The second kappa shape index (κ2) is 8.57. The van der Waals surface area contributed by atoms with Crippen molar-refractivity contribution >= 4 is 27.3 Å². The first-order chi connectivity index (χ1) is 11.1. The summed E-state index contributed by atoms with van der Waals surface area (Å²) < 4.78 is 22.5. The van der Waals surface area contributed by atoms with E-state index in [0.29, 0.717) is 6.54 Å². The van der Waals surface area contributed by atoms with Crippen LogP contribution in [0.5, 0.6) is 0 Å². The third kappa shape index (κ3) is 6.10. The summed E-state index contributed by atoms with van der Waals surface area (Å²) in [5.74, 6) is -0.201. The molecule has 11 heteroatoms. The summed E-state index contributed by atoms with van der Waals surface area (Å²) in [6.07, 6.45) is 0.116. The van der Waals surface area contributed by atoms with Gasteiger partial charge < -0.3 is 16.0 Å². The number of hydrogen-bond donors (Lipinski definition) is 4. The van der Waals surface area contributed by atoms with Gasteiger partial charge in [0.05, 0.1) is 9.82 Å². The Labute approximate surface area is 140 Å². The van der Waals surface area contributed by atoms with Crippen LogP contribution in [0.15, 0.2) is 23.1 Å². The first-order valence-corrected chi connectivity index (χ1v) is 8.69. The molecule has 134 valence electrons. The highest BCUT2D eigenvalue weighted by Crippen LogP contribution is 2.27. The van der Waals surface area contributed by atoms with Crippen LogP contribution in [0.4, 0.5) is 11.4 Å². The molecule has 1 atom stereocenters. The zero-order valence-electron chi connectivity index (χ0n) is 13.4. The number of nitrogens with zero attached hydrogens (tertiary/aromatic N) is 1. The summed E-state index contributed by atoms with van der Waals surface area (Å²) in [4.78, 5) is 21.6. The zero-order chi connectivity index (χ0) is 18.3. The normalized spacial score (nSPS) is 12.5. The van der Waals surface area contributed by atoms with Crippen LogP contribution in [0.25, 0.3) is 0 Å². The topological polar surface area (TPSA) is 156 Å². The summed E-state index contributed by atoms with van der Waals surface area (Å²) >= 11 is 0. The van der Waals surface area contributed by atoms with E-state index in [9.17, 15) is 23.3 Å². The number of nitro groups is 1. The first-order valence-electron chi connectivity index (χ1n) is 7.14. The molecule has 1 amide bonds. The molecule has 0 aliphatic heterocycles.